The minimum atomic E-state index is 0.387. The van der Waals surface area contributed by atoms with E-state index in [0.717, 1.165) is 11.4 Å². The highest BCUT2D eigenvalue weighted by Crippen LogP contribution is 2.30. The number of thiophene rings is 1. The van der Waals surface area contributed by atoms with Gasteiger partial charge in [0.2, 0.25) is 0 Å². The van der Waals surface area contributed by atoms with Crippen molar-refractivity contribution in [2.45, 2.75) is 25.1 Å². The van der Waals surface area contributed by atoms with Crippen LogP contribution in [0.4, 0.5) is 0 Å². The van der Waals surface area contributed by atoms with Crippen molar-refractivity contribution in [2.24, 2.45) is 5.73 Å². The summed E-state index contributed by atoms with van der Waals surface area (Å²) in [6.07, 6.45) is 0. The predicted molar refractivity (Wildman–Crippen MR) is 82.1 cm³/mol. The lowest BCUT2D eigenvalue weighted by Gasteiger charge is -2.37. The zero-order valence-electron chi connectivity index (χ0n) is 11.0. The van der Waals surface area contributed by atoms with Crippen LogP contribution in [0.15, 0.2) is 12.1 Å². The van der Waals surface area contributed by atoms with Crippen molar-refractivity contribution in [1.29, 1.82) is 0 Å². The van der Waals surface area contributed by atoms with E-state index < -0.39 is 0 Å². The molecule has 0 radical (unpaired) electrons. The van der Waals surface area contributed by atoms with E-state index >= 15 is 0 Å². The summed E-state index contributed by atoms with van der Waals surface area (Å²) in [7, 11) is 0. The Labute approximate surface area is 118 Å². The van der Waals surface area contributed by atoms with Gasteiger partial charge in [0.25, 0.3) is 0 Å². The summed E-state index contributed by atoms with van der Waals surface area (Å²) in [5.74, 6) is 7.24. The van der Waals surface area contributed by atoms with Gasteiger partial charge in [0.15, 0.2) is 0 Å². The first-order valence-electron chi connectivity index (χ1n) is 6.23. The van der Waals surface area contributed by atoms with Crippen molar-refractivity contribution >= 4 is 23.1 Å². The fourth-order valence-corrected chi connectivity index (χ4v) is 4.24. The maximum absolute atomic E-state index is 5.38. The standard InChI is InChI=1S/C14H20N2S2/c1-14(2)11-16(8-9-17-14)10-13-6-5-12(18-13)4-3-7-15/h5-6H,7-11,15H2,1-2H3. The second-order valence-electron chi connectivity index (χ2n) is 5.09. The number of nitrogens with zero attached hydrogens (tertiary/aromatic N) is 1. The Morgan fingerprint density at radius 1 is 1.44 bits per heavy atom. The van der Waals surface area contributed by atoms with Crippen molar-refractivity contribution < 1.29 is 0 Å². The third-order valence-corrected chi connectivity index (χ3v) is 5.14. The largest absolute Gasteiger partial charge is 0.320 e. The quantitative estimate of drug-likeness (QED) is 0.844. The number of rotatable bonds is 2. The summed E-state index contributed by atoms with van der Waals surface area (Å²) < 4.78 is 0.387. The lowest BCUT2D eigenvalue weighted by atomic mass is 10.2. The molecule has 2 N–H and O–H groups in total. The topological polar surface area (TPSA) is 29.3 Å². The highest BCUT2D eigenvalue weighted by Gasteiger charge is 2.26. The molecule has 2 nitrogen and oxygen atoms in total. The van der Waals surface area contributed by atoms with Crippen molar-refractivity contribution in [3.8, 4) is 11.8 Å². The number of nitrogens with two attached hydrogens (primary N) is 1. The Morgan fingerprint density at radius 3 is 3.00 bits per heavy atom. The SMILES string of the molecule is CC1(C)CN(Cc2ccc(C#CCN)s2)CCS1. The van der Waals surface area contributed by atoms with Gasteiger partial charge in [0.05, 0.1) is 11.4 Å². The van der Waals surface area contributed by atoms with E-state index in [1.165, 1.54) is 23.7 Å². The van der Waals surface area contributed by atoms with Gasteiger partial charge in [-0.1, -0.05) is 11.8 Å². The summed E-state index contributed by atoms with van der Waals surface area (Å²) in [4.78, 5) is 5.07. The normalized spacial score (nSPS) is 19.3. The van der Waals surface area contributed by atoms with Crippen LogP contribution in [0.2, 0.25) is 0 Å². The number of hydrogen-bond acceptors (Lipinski definition) is 4. The number of thioether (sulfide) groups is 1. The molecule has 1 aliphatic rings. The molecule has 1 aliphatic heterocycles. The number of hydrogen-bond donors (Lipinski definition) is 1. The van der Waals surface area contributed by atoms with Crippen molar-refractivity contribution in [2.75, 3.05) is 25.4 Å². The molecule has 1 saturated heterocycles. The van der Waals surface area contributed by atoms with Gasteiger partial charge < -0.3 is 5.73 Å². The zero-order chi connectivity index (χ0) is 13.0. The van der Waals surface area contributed by atoms with Crippen molar-refractivity contribution in [3.63, 3.8) is 0 Å². The zero-order valence-corrected chi connectivity index (χ0v) is 12.7. The summed E-state index contributed by atoms with van der Waals surface area (Å²) in [5, 5.41) is 0. The van der Waals surface area contributed by atoms with E-state index in [1.807, 2.05) is 0 Å². The molecule has 0 aliphatic carbocycles. The molecule has 0 saturated carbocycles. The highest BCUT2D eigenvalue weighted by molar-refractivity contribution is 8.00. The maximum atomic E-state index is 5.38. The molecular formula is C14H20N2S2. The monoisotopic (exact) mass is 280 g/mol. The average molecular weight is 280 g/mol. The lowest BCUT2D eigenvalue weighted by Crippen LogP contribution is -2.42. The molecule has 0 bridgehead atoms. The van der Waals surface area contributed by atoms with Gasteiger partial charge >= 0.3 is 0 Å². The molecule has 0 aromatic carbocycles. The van der Waals surface area contributed by atoms with Gasteiger partial charge in [0, 0.05) is 35.0 Å². The van der Waals surface area contributed by atoms with E-state index in [2.05, 4.69) is 54.5 Å². The fourth-order valence-electron chi connectivity index (χ4n) is 2.14. The summed E-state index contributed by atoms with van der Waals surface area (Å²) in [6.45, 7) is 8.51. The second-order valence-corrected chi connectivity index (χ2v) is 8.06. The van der Waals surface area contributed by atoms with Crippen LogP contribution in [-0.4, -0.2) is 35.0 Å². The first-order chi connectivity index (χ1) is 8.59. The lowest BCUT2D eigenvalue weighted by molar-refractivity contribution is 0.254. The van der Waals surface area contributed by atoms with Crippen LogP contribution in [0.1, 0.15) is 23.6 Å². The highest BCUT2D eigenvalue weighted by atomic mass is 32.2. The molecule has 0 spiro atoms. The van der Waals surface area contributed by atoms with Gasteiger partial charge in [-0.25, -0.2) is 0 Å². The summed E-state index contributed by atoms with van der Waals surface area (Å²) in [6, 6.07) is 4.30. The van der Waals surface area contributed by atoms with Gasteiger partial charge in [-0.15, -0.1) is 11.3 Å². The summed E-state index contributed by atoms with van der Waals surface area (Å²) in [5.41, 5.74) is 5.38. The molecule has 0 unspecified atom stereocenters. The third kappa shape index (κ3) is 4.03. The molecule has 4 heteroatoms. The maximum Gasteiger partial charge on any atom is 0.0772 e. The van der Waals surface area contributed by atoms with Gasteiger partial charge in [-0.3, -0.25) is 4.90 Å². The Bertz CT molecular complexity index is 454. The van der Waals surface area contributed by atoms with Crippen molar-refractivity contribution in [1.82, 2.24) is 4.90 Å². The fraction of sp³-hybridized carbons (Fsp3) is 0.571. The molecule has 0 atom stereocenters. The molecule has 0 amide bonds. The molecular weight excluding hydrogens is 260 g/mol. The molecule has 2 rings (SSSR count). The Morgan fingerprint density at radius 2 is 2.28 bits per heavy atom. The van der Waals surface area contributed by atoms with Crippen molar-refractivity contribution in [3.05, 3.63) is 21.9 Å². The van der Waals surface area contributed by atoms with Crippen LogP contribution >= 0.6 is 23.1 Å². The van der Waals surface area contributed by atoms with Crippen LogP contribution in [0, 0.1) is 11.8 Å². The van der Waals surface area contributed by atoms with Gasteiger partial charge in [-0.2, -0.15) is 11.8 Å². The van der Waals surface area contributed by atoms with Crippen LogP contribution in [-0.2, 0) is 6.54 Å². The molecule has 1 aromatic heterocycles. The van der Waals surface area contributed by atoms with Crippen LogP contribution < -0.4 is 5.73 Å². The first kappa shape index (κ1) is 14.0. The minimum absolute atomic E-state index is 0.387. The average Bonchev–Trinajstić information content (AvgIpc) is 2.73. The molecule has 18 heavy (non-hydrogen) atoms. The van der Waals surface area contributed by atoms with E-state index in [9.17, 15) is 0 Å². The van der Waals surface area contributed by atoms with E-state index in [1.54, 1.807) is 11.3 Å². The van der Waals surface area contributed by atoms with E-state index in [-0.39, 0.29) is 0 Å². The van der Waals surface area contributed by atoms with E-state index in [0.29, 0.717) is 11.3 Å². The third-order valence-electron chi connectivity index (χ3n) is 2.86. The Hall–Kier alpha value is -0.470. The van der Waals surface area contributed by atoms with Gasteiger partial charge in [0.1, 0.15) is 0 Å². The predicted octanol–water partition coefficient (Wildman–Crippen LogP) is 2.39. The molecule has 2 heterocycles. The minimum Gasteiger partial charge on any atom is -0.320 e. The van der Waals surface area contributed by atoms with Crippen LogP contribution in [0.25, 0.3) is 0 Å². The first-order valence-corrected chi connectivity index (χ1v) is 8.03. The Kier molecular flexibility index (Phi) is 4.74. The molecule has 1 fully saturated rings. The van der Waals surface area contributed by atoms with Crippen LogP contribution in [0.5, 0.6) is 0 Å². The molecule has 1 aromatic rings. The van der Waals surface area contributed by atoms with Gasteiger partial charge in [-0.05, 0) is 26.0 Å². The second kappa shape index (κ2) is 6.12. The Balaban J connectivity index is 1.95. The van der Waals surface area contributed by atoms with E-state index in [4.69, 9.17) is 5.73 Å². The van der Waals surface area contributed by atoms with Crippen LogP contribution in [0.3, 0.4) is 0 Å². The molecule has 98 valence electrons. The summed E-state index contributed by atoms with van der Waals surface area (Å²) >= 11 is 3.87. The smallest absolute Gasteiger partial charge is 0.0772 e.